The quantitative estimate of drug-likeness (QED) is 0.620. The van der Waals surface area contributed by atoms with E-state index in [0.29, 0.717) is 5.41 Å². The Morgan fingerprint density at radius 2 is 1.65 bits per heavy atom. The van der Waals surface area contributed by atoms with Crippen molar-refractivity contribution < 1.29 is 9.53 Å². The van der Waals surface area contributed by atoms with E-state index in [1.807, 2.05) is 0 Å². The molecule has 4 fully saturated rings. The molecule has 23 heavy (non-hydrogen) atoms. The van der Waals surface area contributed by atoms with E-state index in [1.54, 1.807) is 7.11 Å². The molecule has 4 aliphatic rings. The highest BCUT2D eigenvalue weighted by molar-refractivity contribution is 5.73. The molecule has 0 heterocycles. The van der Waals surface area contributed by atoms with Crippen molar-refractivity contribution in [2.24, 2.45) is 40.4 Å². The number of methoxy groups -OCH3 is 1. The zero-order valence-electron chi connectivity index (χ0n) is 15.3. The Morgan fingerprint density at radius 3 is 2.43 bits per heavy atom. The third-order valence-electron chi connectivity index (χ3n) is 9.07. The van der Waals surface area contributed by atoms with Gasteiger partial charge in [0.05, 0.1) is 13.0 Å². The molecule has 130 valence electrons. The molecule has 0 aromatic carbocycles. The van der Waals surface area contributed by atoms with Gasteiger partial charge in [-0.2, -0.15) is 0 Å². The molecule has 0 N–H and O–H groups in total. The van der Waals surface area contributed by atoms with Crippen molar-refractivity contribution in [2.45, 2.75) is 78.1 Å². The Hall–Kier alpha value is -0.530. The lowest BCUT2D eigenvalue weighted by Gasteiger charge is -2.60. The summed E-state index contributed by atoms with van der Waals surface area (Å²) in [7, 11) is 1.57. The minimum Gasteiger partial charge on any atom is -0.469 e. The molecule has 0 spiro atoms. The molecular weight excluding hydrogens is 284 g/mol. The van der Waals surface area contributed by atoms with Gasteiger partial charge >= 0.3 is 5.97 Å². The summed E-state index contributed by atoms with van der Waals surface area (Å²) in [4.78, 5) is 12.3. The van der Waals surface area contributed by atoms with Crippen LogP contribution in [-0.2, 0) is 9.53 Å². The van der Waals surface area contributed by atoms with Gasteiger partial charge in [-0.25, -0.2) is 0 Å². The summed E-state index contributed by atoms with van der Waals surface area (Å²) < 4.78 is 5.15. The van der Waals surface area contributed by atoms with Crippen molar-refractivity contribution in [3.8, 4) is 0 Å². The van der Waals surface area contributed by atoms with E-state index in [1.165, 1.54) is 57.8 Å². The van der Waals surface area contributed by atoms with Gasteiger partial charge in [-0.3, -0.25) is 4.79 Å². The van der Waals surface area contributed by atoms with Gasteiger partial charge in [0.1, 0.15) is 0 Å². The molecule has 0 radical (unpaired) electrons. The third-order valence-corrected chi connectivity index (χ3v) is 9.07. The zero-order valence-corrected chi connectivity index (χ0v) is 15.3. The van der Waals surface area contributed by atoms with Crippen LogP contribution in [0.5, 0.6) is 0 Å². The largest absolute Gasteiger partial charge is 0.469 e. The fraction of sp³-hybridized carbons (Fsp3) is 0.952. The second-order valence-electron chi connectivity index (χ2n) is 9.60. The Kier molecular flexibility index (Phi) is 3.81. The minimum absolute atomic E-state index is 0.0611. The second-order valence-corrected chi connectivity index (χ2v) is 9.60. The first-order valence-electron chi connectivity index (χ1n) is 10.1. The topological polar surface area (TPSA) is 26.3 Å². The Morgan fingerprint density at radius 1 is 0.870 bits per heavy atom. The highest BCUT2D eigenvalue weighted by Gasteiger charge is 2.61. The van der Waals surface area contributed by atoms with Crippen molar-refractivity contribution in [3.63, 3.8) is 0 Å². The van der Waals surface area contributed by atoms with E-state index in [-0.39, 0.29) is 17.3 Å². The number of carbonyl (C=O) groups is 1. The fourth-order valence-electron chi connectivity index (χ4n) is 7.82. The van der Waals surface area contributed by atoms with Crippen molar-refractivity contribution >= 4 is 5.97 Å². The number of rotatable bonds is 1. The molecule has 6 unspecified atom stereocenters. The van der Waals surface area contributed by atoms with Crippen molar-refractivity contribution in [1.82, 2.24) is 0 Å². The summed E-state index contributed by atoms with van der Waals surface area (Å²) in [6.45, 7) is 5.04. The van der Waals surface area contributed by atoms with Crippen LogP contribution in [0, 0.1) is 40.4 Å². The maximum atomic E-state index is 12.3. The van der Waals surface area contributed by atoms with Crippen LogP contribution in [-0.4, -0.2) is 13.1 Å². The van der Waals surface area contributed by atoms with Gasteiger partial charge in [0.25, 0.3) is 0 Å². The van der Waals surface area contributed by atoms with Crippen LogP contribution in [0.4, 0.5) is 0 Å². The predicted octanol–water partition coefficient (Wildman–Crippen LogP) is 5.21. The molecule has 0 saturated heterocycles. The van der Waals surface area contributed by atoms with Crippen LogP contribution in [0.15, 0.2) is 0 Å². The van der Waals surface area contributed by atoms with E-state index in [9.17, 15) is 4.79 Å². The highest BCUT2D eigenvalue weighted by Crippen LogP contribution is 2.67. The summed E-state index contributed by atoms with van der Waals surface area (Å²) in [6, 6.07) is 0. The zero-order chi connectivity index (χ0) is 16.2. The maximum absolute atomic E-state index is 12.3. The molecule has 4 aliphatic carbocycles. The number of carbonyl (C=O) groups excluding carboxylic acids is 1. The van der Waals surface area contributed by atoms with E-state index < -0.39 is 0 Å². The van der Waals surface area contributed by atoms with Crippen LogP contribution in [0.1, 0.15) is 78.1 Å². The molecular formula is C21H34O2. The smallest absolute Gasteiger partial charge is 0.309 e. The van der Waals surface area contributed by atoms with Crippen LogP contribution in [0.25, 0.3) is 0 Å². The van der Waals surface area contributed by atoms with E-state index in [2.05, 4.69) is 13.8 Å². The van der Waals surface area contributed by atoms with Crippen LogP contribution in [0.2, 0.25) is 0 Å². The van der Waals surface area contributed by atoms with Crippen molar-refractivity contribution in [1.29, 1.82) is 0 Å². The van der Waals surface area contributed by atoms with Crippen molar-refractivity contribution in [2.75, 3.05) is 7.11 Å². The lowest BCUT2D eigenvalue weighted by Crippen LogP contribution is -2.53. The fourth-order valence-corrected chi connectivity index (χ4v) is 7.82. The molecule has 0 aromatic rings. The minimum atomic E-state index is 0.0611. The second kappa shape index (κ2) is 5.49. The number of fused-ring (bicyclic) bond motifs is 5. The van der Waals surface area contributed by atoms with E-state index >= 15 is 0 Å². The molecule has 0 aliphatic heterocycles. The average molecular weight is 319 g/mol. The van der Waals surface area contributed by atoms with E-state index in [4.69, 9.17) is 4.74 Å². The lowest BCUT2D eigenvalue weighted by molar-refractivity contribution is -0.155. The normalized spacial score (nSPS) is 52.2. The molecule has 7 atom stereocenters. The van der Waals surface area contributed by atoms with Crippen LogP contribution >= 0.6 is 0 Å². The van der Waals surface area contributed by atoms with Gasteiger partial charge in [-0.05, 0) is 85.9 Å². The summed E-state index contributed by atoms with van der Waals surface area (Å²) in [6.07, 6.45) is 13.7. The Labute approximate surface area is 141 Å². The van der Waals surface area contributed by atoms with Gasteiger partial charge in [-0.15, -0.1) is 0 Å². The summed E-state index contributed by atoms with van der Waals surface area (Å²) >= 11 is 0. The Bertz CT molecular complexity index is 486. The molecule has 0 amide bonds. The predicted molar refractivity (Wildman–Crippen MR) is 91.9 cm³/mol. The SMILES string of the molecule is COC(=O)C1CCC2C3CC[C@H]4CCCCC4(C)C3CCC12C. The standard InChI is InChI=1S/C21H34O2/c1-20-12-5-4-6-14(20)7-8-15-16-9-10-18(19(22)23-3)21(16,2)13-11-17(15)20/h14-18H,4-13H2,1-3H3/t14-,15?,16?,17?,18?,20?,21?/m1/s1. The number of ether oxygens (including phenoxy) is 1. The molecule has 2 nitrogen and oxygen atoms in total. The van der Waals surface area contributed by atoms with Gasteiger partial charge < -0.3 is 4.74 Å². The number of esters is 1. The summed E-state index contributed by atoms with van der Waals surface area (Å²) in [5.41, 5.74) is 0.817. The van der Waals surface area contributed by atoms with Gasteiger partial charge in [0.15, 0.2) is 0 Å². The molecule has 4 rings (SSSR count). The third kappa shape index (κ3) is 2.15. The number of hydrogen-bond donors (Lipinski definition) is 0. The molecule has 2 heteroatoms. The van der Waals surface area contributed by atoms with Crippen LogP contribution < -0.4 is 0 Å². The van der Waals surface area contributed by atoms with Gasteiger partial charge in [0, 0.05) is 0 Å². The van der Waals surface area contributed by atoms with Crippen LogP contribution in [0.3, 0.4) is 0 Å². The molecule has 4 saturated carbocycles. The molecule has 0 bridgehead atoms. The van der Waals surface area contributed by atoms with E-state index in [0.717, 1.165) is 30.1 Å². The Balaban J connectivity index is 1.61. The monoisotopic (exact) mass is 318 g/mol. The average Bonchev–Trinajstić information content (AvgIpc) is 2.91. The first-order chi connectivity index (χ1) is 11.0. The lowest BCUT2D eigenvalue weighted by atomic mass is 9.45. The highest BCUT2D eigenvalue weighted by atomic mass is 16.5. The first-order valence-corrected chi connectivity index (χ1v) is 10.1. The first kappa shape index (κ1) is 16.0. The number of hydrogen-bond acceptors (Lipinski definition) is 2. The summed E-state index contributed by atoms with van der Waals surface area (Å²) in [5, 5.41) is 0. The summed E-state index contributed by atoms with van der Waals surface area (Å²) in [5.74, 6) is 3.78. The van der Waals surface area contributed by atoms with Gasteiger partial charge in [-0.1, -0.05) is 26.7 Å². The van der Waals surface area contributed by atoms with Gasteiger partial charge in [0.2, 0.25) is 0 Å². The maximum Gasteiger partial charge on any atom is 0.309 e. The molecule has 0 aromatic heterocycles. The van der Waals surface area contributed by atoms with Crippen molar-refractivity contribution in [3.05, 3.63) is 0 Å².